The Morgan fingerprint density at radius 3 is 2.57 bits per heavy atom. The van der Waals surface area contributed by atoms with Crippen molar-refractivity contribution in [3.05, 3.63) is 24.3 Å². The molecule has 5 nitrogen and oxygen atoms in total. The standard InChI is InChI=1S/C9H13N5/c1-7-5-13(2)9(11-7)12-8-4-10-14(3)6-8/h4-6H,1-3H3,(H,11,12). The van der Waals surface area contributed by atoms with Crippen LogP contribution in [0.25, 0.3) is 0 Å². The van der Waals surface area contributed by atoms with E-state index in [1.165, 1.54) is 0 Å². The van der Waals surface area contributed by atoms with Gasteiger partial charge in [-0.1, -0.05) is 0 Å². The number of imidazole rings is 1. The Labute approximate surface area is 82.4 Å². The summed E-state index contributed by atoms with van der Waals surface area (Å²) in [5.41, 5.74) is 1.94. The van der Waals surface area contributed by atoms with Crippen LogP contribution in [-0.4, -0.2) is 19.3 Å². The predicted molar refractivity (Wildman–Crippen MR) is 54.4 cm³/mol. The Bertz CT molecular complexity index is 440. The first kappa shape index (κ1) is 8.80. The van der Waals surface area contributed by atoms with Gasteiger partial charge in [0.25, 0.3) is 0 Å². The molecule has 0 aliphatic heterocycles. The molecule has 0 spiro atoms. The van der Waals surface area contributed by atoms with Crippen molar-refractivity contribution < 1.29 is 0 Å². The lowest BCUT2D eigenvalue weighted by molar-refractivity contribution is 0.768. The Morgan fingerprint density at radius 1 is 1.29 bits per heavy atom. The highest BCUT2D eigenvalue weighted by molar-refractivity contribution is 5.51. The van der Waals surface area contributed by atoms with Gasteiger partial charge >= 0.3 is 0 Å². The van der Waals surface area contributed by atoms with Crippen molar-refractivity contribution in [2.45, 2.75) is 6.92 Å². The molecule has 0 aliphatic carbocycles. The third kappa shape index (κ3) is 1.61. The van der Waals surface area contributed by atoms with Crippen LogP contribution in [0.5, 0.6) is 0 Å². The molecule has 5 heteroatoms. The molecule has 0 radical (unpaired) electrons. The summed E-state index contributed by atoms with van der Waals surface area (Å²) in [6.07, 6.45) is 5.65. The van der Waals surface area contributed by atoms with Crippen LogP contribution in [0.2, 0.25) is 0 Å². The zero-order chi connectivity index (χ0) is 10.1. The summed E-state index contributed by atoms with van der Waals surface area (Å²) in [4.78, 5) is 4.33. The molecule has 74 valence electrons. The fourth-order valence-electron chi connectivity index (χ4n) is 1.35. The number of aromatic nitrogens is 4. The van der Waals surface area contributed by atoms with Gasteiger partial charge in [-0.25, -0.2) is 4.98 Å². The Hall–Kier alpha value is -1.78. The average Bonchev–Trinajstić information content (AvgIpc) is 2.61. The third-order valence-corrected chi connectivity index (χ3v) is 1.96. The van der Waals surface area contributed by atoms with Gasteiger partial charge in [0.2, 0.25) is 5.95 Å². The normalized spacial score (nSPS) is 10.5. The molecule has 0 unspecified atom stereocenters. The minimum atomic E-state index is 0.829. The summed E-state index contributed by atoms with van der Waals surface area (Å²) in [5, 5.41) is 7.25. The summed E-state index contributed by atoms with van der Waals surface area (Å²) < 4.78 is 3.69. The second-order valence-corrected chi connectivity index (χ2v) is 3.34. The quantitative estimate of drug-likeness (QED) is 0.776. The molecule has 0 saturated carbocycles. The van der Waals surface area contributed by atoms with E-state index in [1.54, 1.807) is 10.9 Å². The molecule has 0 aliphatic rings. The molecule has 0 aromatic carbocycles. The Morgan fingerprint density at radius 2 is 2.07 bits per heavy atom. The van der Waals surface area contributed by atoms with Crippen molar-refractivity contribution in [2.24, 2.45) is 14.1 Å². The van der Waals surface area contributed by atoms with E-state index in [2.05, 4.69) is 15.4 Å². The number of rotatable bonds is 2. The molecule has 0 atom stereocenters. The molecule has 2 heterocycles. The van der Waals surface area contributed by atoms with Gasteiger partial charge in [0.15, 0.2) is 0 Å². The summed E-state index contributed by atoms with van der Waals surface area (Å²) in [5.74, 6) is 0.829. The third-order valence-electron chi connectivity index (χ3n) is 1.96. The number of nitrogens with one attached hydrogen (secondary N) is 1. The second-order valence-electron chi connectivity index (χ2n) is 3.34. The van der Waals surface area contributed by atoms with Crippen molar-refractivity contribution in [1.29, 1.82) is 0 Å². The molecule has 2 aromatic rings. The van der Waals surface area contributed by atoms with Crippen molar-refractivity contribution in [2.75, 3.05) is 5.32 Å². The molecule has 1 N–H and O–H groups in total. The van der Waals surface area contributed by atoms with Crippen LogP contribution in [0.15, 0.2) is 18.6 Å². The summed E-state index contributed by atoms with van der Waals surface area (Å²) in [7, 11) is 3.84. The van der Waals surface area contributed by atoms with Crippen LogP contribution in [0.1, 0.15) is 5.69 Å². The maximum atomic E-state index is 4.33. The van der Waals surface area contributed by atoms with Crippen LogP contribution < -0.4 is 5.32 Å². The first-order valence-corrected chi connectivity index (χ1v) is 4.41. The molecular weight excluding hydrogens is 178 g/mol. The topological polar surface area (TPSA) is 47.7 Å². The van der Waals surface area contributed by atoms with Crippen LogP contribution in [0, 0.1) is 6.92 Å². The van der Waals surface area contributed by atoms with Crippen molar-refractivity contribution in [3.63, 3.8) is 0 Å². The van der Waals surface area contributed by atoms with Gasteiger partial charge in [-0.3, -0.25) is 4.68 Å². The first-order chi connectivity index (χ1) is 6.65. The maximum Gasteiger partial charge on any atom is 0.207 e. The van der Waals surface area contributed by atoms with Gasteiger partial charge in [0.05, 0.1) is 17.6 Å². The SMILES string of the molecule is Cc1cn(C)c(Nc2cnn(C)c2)n1. The zero-order valence-corrected chi connectivity index (χ0v) is 8.52. The van der Waals surface area contributed by atoms with E-state index in [-0.39, 0.29) is 0 Å². The van der Waals surface area contributed by atoms with E-state index in [4.69, 9.17) is 0 Å². The smallest absolute Gasteiger partial charge is 0.207 e. The van der Waals surface area contributed by atoms with E-state index in [0.29, 0.717) is 0 Å². The van der Waals surface area contributed by atoms with Crippen LogP contribution in [0.3, 0.4) is 0 Å². The van der Waals surface area contributed by atoms with Gasteiger partial charge in [0, 0.05) is 26.5 Å². The van der Waals surface area contributed by atoms with E-state index in [0.717, 1.165) is 17.3 Å². The second kappa shape index (κ2) is 3.17. The molecule has 0 amide bonds. The number of anilines is 2. The number of hydrogen-bond donors (Lipinski definition) is 1. The van der Waals surface area contributed by atoms with Gasteiger partial charge in [0.1, 0.15) is 0 Å². The van der Waals surface area contributed by atoms with Crippen LogP contribution in [0.4, 0.5) is 11.6 Å². The van der Waals surface area contributed by atoms with E-state index in [1.807, 2.05) is 38.0 Å². The van der Waals surface area contributed by atoms with E-state index >= 15 is 0 Å². The molecule has 2 aromatic heterocycles. The lowest BCUT2D eigenvalue weighted by Gasteiger charge is -2.01. The fourth-order valence-corrected chi connectivity index (χ4v) is 1.35. The van der Waals surface area contributed by atoms with Crippen LogP contribution in [-0.2, 0) is 14.1 Å². The highest BCUT2D eigenvalue weighted by atomic mass is 15.3. The number of aryl methyl sites for hydroxylation is 3. The summed E-state index contributed by atoms with van der Waals surface area (Å²) in [6, 6.07) is 0. The molecular formula is C9H13N5. The van der Waals surface area contributed by atoms with Crippen LogP contribution >= 0.6 is 0 Å². The maximum absolute atomic E-state index is 4.33. The number of nitrogens with zero attached hydrogens (tertiary/aromatic N) is 4. The lowest BCUT2D eigenvalue weighted by atomic mass is 10.6. The molecule has 0 fully saturated rings. The van der Waals surface area contributed by atoms with Crippen molar-refractivity contribution in [1.82, 2.24) is 19.3 Å². The van der Waals surface area contributed by atoms with Gasteiger partial charge in [-0.15, -0.1) is 0 Å². The highest BCUT2D eigenvalue weighted by Crippen LogP contribution is 2.13. The molecule has 0 saturated heterocycles. The molecule has 14 heavy (non-hydrogen) atoms. The molecule has 0 bridgehead atoms. The van der Waals surface area contributed by atoms with Gasteiger partial charge in [-0.05, 0) is 6.92 Å². The zero-order valence-electron chi connectivity index (χ0n) is 8.52. The Kier molecular flexibility index (Phi) is 1.99. The highest BCUT2D eigenvalue weighted by Gasteiger charge is 2.03. The summed E-state index contributed by atoms with van der Waals surface area (Å²) >= 11 is 0. The van der Waals surface area contributed by atoms with E-state index < -0.39 is 0 Å². The minimum absolute atomic E-state index is 0.829. The summed E-state index contributed by atoms with van der Waals surface area (Å²) in [6.45, 7) is 1.97. The fraction of sp³-hybridized carbons (Fsp3) is 0.333. The van der Waals surface area contributed by atoms with E-state index in [9.17, 15) is 0 Å². The van der Waals surface area contributed by atoms with Gasteiger partial charge < -0.3 is 9.88 Å². The van der Waals surface area contributed by atoms with Gasteiger partial charge in [-0.2, -0.15) is 5.10 Å². The minimum Gasteiger partial charge on any atom is -0.323 e. The predicted octanol–water partition coefficient (Wildman–Crippen LogP) is 1.21. The van der Waals surface area contributed by atoms with Crippen molar-refractivity contribution in [3.8, 4) is 0 Å². The monoisotopic (exact) mass is 191 g/mol. The number of hydrogen-bond acceptors (Lipinski definition) is 3. The Balaban J connectivity index is 2.22. The average molecular weight is 191 g/mol. The van der Waals surface area contributed by atoms with Crippen molar-refractivity contribution >= 4 is 11.6 Å². The largest absolute Gasteiger partial charge is 0.323 e. The lowest BCUT2D eigenvalue weighted by Crippen LogP contribution is -1.97. The first-order valence-electron chi connectivity index (χ1n) is 4.41. The molecule has 2 rings (SSSR count).